The molecule has 0 fully saturated rings. The Bertz CT molecular complexity index is 1040. The first kappa shape index (κ1) is 21.2. The number of carbonyl (C=O) groups is 2. The number of methoxy groups -OCH3 is 1. The molecule has 2 unspecified atom stereocenters. The Hall–Kier alpha value is -2.49. The van der Waals surface area contributed by atoms with E-state index in [4.69, 9.17) is 28.6 Å². The SMILES string of the molecule is COC(=O)CC(NC(=O)C(C)n1c(-c2cccs2)n[nH]c1=S)c1ccc(Cl)cc1. The number of benzene rings is 1. The molecule has 0 radical (unpaired) electrons. The topological polar surface area (TPSA) is 89.0 Å². The molecular formula is C19H19ClN4O3S2. The second-order valence-electron chi connectivity index (χ2n) is 6.27. The Kier molecular flexibility index (Phi) is 6.83. The fourth-order valence-corrected chi connectivity index (χ4v) is 3.98. The van der Waals surface area contributed by atoms with Crippen molar-refractivity contribution in [3.05, 3.63) is 57.1 Å². The first-order chi connectivity index (χ1) is 13.9. The fourth-order valence-electron chi connectivity index (χ4n) is 2.85. The third-order valence-corrected chi connectivity index (χ3v) is 5.81. The van der Waals surface area contributed by atoms with Crippen LogP contribution in [0.1, 0.15) is 31.0 Å². The highest BCUT2D eigenvalue weighted by molar-refractivity contribution is 7.71. The minimum absolute atomic E-state index is 0.00877. The van der Waals surface area contributed by atoms with Crippen molar-refractivity contribution in [2.75, 3.05) is 7.11 Å². The number of H-pyrrole nitrogens is 1. The predicted molar refractivity (Wildman–Crippen MR) is 114 cm³/mol. The first-order valence-corrected chi connectivity index (χ1v) is 10.4. The van der Waals surface area contributed by atoms with Crippen molar-refractivity contribution in [1.82, 2.24) is 20.1 Å². The third-order valence-electron chi connectivity index (χ3n) is 4.40. The number of rotatable bonds is 7. The number of nitrogens with one attached hydrogen (secondary N) is 2. The van der Waals surface area contributed by atoms with Gasteiger partial charge < -0.3 is 10.1 Å². The van der Waals surface area contributed by atoms with Crippen molar-refractivity contribution >= 4 is 47.0 Å². The fraction of sp³-hybridized carbons (Fsp3) is 0.263. The lowest BCUT2D eigenvalue weighted by molar-refractivity contribution is -0.141. The Morgan fingerprint density at radius 1 is 1.34 bits per heavy atom. The zero-order valence-corrected chi connectivity index (χ0v) is 18.1. The van der Waals surface area contributed by atoms with E-state index in [1.165, 1.54) is 18.4 Å². The molecule has 3 rings (SSSR count). The zero-order valence-electron chi connectivity index (χ0n) is 15.7. The van der Waals surface area contributed by atoms with Gasteiger partial charge in [0.05, 0.1) is 24.4 Å². The van der Waals surface area contributed by atoms with E-state index in [1.807, 2.05) is 17.5 Å². The van der Waals surface area contributed by atoms with Gasteiger partial charge in [0.25, 0.3) is 0 Å². The monoisotopic (exact) mass is 450 g/mol. The van der Waals surface area contributed by atoms with Crippen LogP contribution in [0, 0.1) is 4.77 Å². The molecule has 2 aromatic heterocycles. The molecule has 0 saturated carbocycles. The summed E-state index contributed by atoms with van der Waals surface area (Å²) < 4.78 is 6.78. The van der Waals surface area contributed by atoms with Gasteiger partial charge in [-0.2, -0.15) is 5.10 Å². The number of carbonyl (C=O) groups excluding carboxylic acids is 2. The van der Waals surface area contributed by atoms with Crippen LogP contribution in [0.2, 0.25) is 5.02 Å². The third kappa shape index (κ3) is 4.92. The maximum atomic E-state index is 13.0. The molecule has 0 saturated heterocycles. The van der Waals surface area contributed by atoms with Crippen molar-refractivity contribution in [3.63, 3.8) is 0 Å². The van der Waals surface area contributed by atoms with Crippen LogP contribution in [-0.4, -0.2) is 33.8 Å². The number of hydrogen-bond donors (Lipinski definition) is 2. The van der Waals surface area contributed by atoms with Gasteiger partial charge >= 0.3 is 5.97 Å². The number of esters is 1. The summed E-state index contributed by atoms with van der Waals surface area (Å²) in [5.74, 6) is -0.148. The summed E-state index contributed by atoms with van der Waals surface area (Å²) >= 11 is 12.8. The molecule has 0 aliphatic rings. The summed E-state index contributed by atoms with van der Waals surface area (Å²) in [6.45, 7) is 1.73. The number of aromatic nitrogens is 3. The van der Waals surface area contributed by atoms with E-state index in [1.54, 1.807) is 35.8 Å². The van der Waals surface area contributed by atoms with Gasteiger partial charge in [0.1, 0.15) is 6.04 Å². The normalized spacial score (nSPS) is 12.9. The molecular weight excluding hydrogens is 432 g/mol. The van der Waals surface area contributed by atoms with Crippen molar-refractivity contribution in [2.24, 2.45) is 0 Å². The molecule has 0 bridgehead atoms. The molecule has 10 heteroatoms. The summed E-state index contributed by atoms with van der Waals surface area (Å²) in [6, 6.07) is 9.54. The number of amides is 1. The maximum absolute atomic E-state index is 13.0. The van der Waals surface area contributed by atoms with Crippen LogP contribution in [0.5, 0.6) is 0 Å². The van der Waals surface area contributed by atoms with Crippen molar-refractivity contribution in [1.29, 1.82) is 0 Å². The molecule has 0 aliphatic heterocycles. The Balaban J connectivity index is 1.86. The van der Waals surface area contributed by atoms with Crippen LogP contribution in [0.4, 0.5) is 0 Å². The van der Waals surface area contributed by atoms with E-state index >= 15 is 0 Å². The maximum Gasteiger partial charge on any atom is 0.307 e. The van der Waals surface area contributed by atoms with E-state index in [2.05, 4.69) is 15.5 Å². The number of ether oxygens (including phenoxy) is 1. The van der Waals surface area contributed by atoms with Crippen molar-refractivity contribution < 1.29 is 14.3 Å². The highest BCUT2D eigenvalue weighted by Crippen LogP contribution is 2.26. The lowest BCUT2D eigenvalue weighted by Crippen LogP contribution is -2.35. The van der Waals surface area contributed by atoms with E-state index < -0.39 is 18.1 Å². The minimum atomic E-state index is -0.647. The van der Waals surface area contributed by atoms with Crippen molar-refractivity contribution in [3.8, 4) is 10.7 Å². The van der Waals surface area contributed by atoms with Crippen molar-refractivity contribution in [2.45, 2.75) is 25.4 Å². The quantitative estimate of drug-likeness (QED) is 0.413. The molecule has 2 heterocycles. The van der Waals surface area contributed by atoms with Gasteiger partial charge in [-0.25, -0.2) is 0 Å². The molecule has 7 nitrogen and oxygen atoms in total. The van der Waals surface area contributed by atoms with Gasteiger partial charge in [-0.15, -0.1) is 11.3 Å². The number of halogens is 1. The lowest BCUT2D eigenvalue weighted by atomic mass is 10.0. The molecule has 0 aliphatic carbocycles. The summed E-state index contributed by atoms with van der Waals surface area (Å²) in [5, 5.41) is 12.4. The molecule has 1 aromatic carbocycles. The average molecular weight is 451 g/mol. The van der Waals surface area contributed by atoms with Crippen LogP contribution in [0.25, 0.3) is 10.7 Å². The van der Waals surface area contributed by atoms with E-state index in [0.29, 0.717) is 15.6 Å². The number of nitrogens with zero attached hydrogens (tertiary/aromatic N) is 2. The smallest absolute Gasteiger partial charge is 0.307 e. The second kappa shape index (κ2) is 9.34. The highest BCUT2D eigenvalue weighted by Gasteiger charge is 2.25. The van der Waals surface area contributed by atoms with E-state index in [0.717, 1.165) is 10.4 Å². The Morgan fingerprint density at radius 3 is 2.69 bits per heavy atom. The number of thiophene rings is 1. The van der Waals surface area contributed by atoms with Gasteiger partial charge in [-0.05, 0) is 48.3 Å². The van der Waals surface area contributed by atoms with Crippen LogP contribution in [0.15, 0.2) is 41.8 Å². The first-order valence-electron chi connectivity index (χ1n) is 8.74. The summed E-state index contributed by atoms with van der Waals surface area (Å²) in [7, 11) is 1.31. The van der Waals surface area contributed by atoms with Crippen LogP contribution in [0.3, 0.4) is 0 Å². The summed E-state index contributed by atoms with van der Waals surface area (Å²) in [6.07, 6.45) is -0.00877. The average Bonchev–Trinajstić information content (AvgIpc) is 3.36. The molecule has 1 amide bonds. The van der Waals surface area contributed by atoms with Gasteiger partial charge in [0, 0.05) is 5.02 Å². The van der Waals surface area contributed by atoms with E-state index in [-0.39, 0.29) is 12.3 Å². The minimum Gasteiger partial charge on any atom is -0.469 e. The Morgan fingerprint density at radius 2 is 2.07 bits per heavy atom. The molecule has 152 valence electrons. The van der Waals surface area contributed by atoms with Gasteiger partial charge in [-0.3, -0.25) is 19.3 Å². The zero-order chi connectivity index (χ0) is 21.0. The molecule has 2 N–H and O–H groups in total. The number of hydrogen-bond acceptors (Lipinski definition) is 6. The molecule has 29 heavy (non-hydrogen) atoms. The highest BCUT2D eigenvalue weighted by atomic mass is 35.5. The molecule has 2 atom stereocenters. The van der Waals surface area contributed by atoms with Gasteiger partial charge in [-0.1, -0.05) is 29.8 Å². The van der Waals surface area contributed by atoms with Crippen LogP contribution >= 0.6 is 35.2 Å². The van der Waals surface area contributed by atoms with Crippen LogP contribution in [-0.2, 0) is 14.3 Å². The Labute approximate surface area is 181 Å². The lowest BCUT2D eigenvalue weighted by Gasteiger charge is -2.22. The molecule has 0 spiro atoms. The number of aromatic amines is 1. The summed E-state index contributed by atoms with van der Waals surface area (Å²) in [4.78, 5) is 25.8. The van der Waals surface area contributed by atoms with E-state index in [9.17, 15) is 9.59 Å². The van der Waals surface area contributed by atoms with Gasteiger partial charge in [0.2, 0.25) is 5.91 Å². The second-order valence-corrected chi connectivity index (χ2v) is 8.04. The van der Waals surface area contributed by atoms with Crippen LogP contribution < -0.4 is 5.32 Å². The predicted octanol–water partition coefficient (Wildman–Crippen LogP) is 4.30. The summed E-state index contributed by atoms with van der Waals surface area (Å²) in [5.41, 5.74) is 0.745. The molecule has 3 aromatic rings. The standard InChI is InChI=1S/C19H19ClN4O3S2/c1-11(24-17(22-23-19(24)28)15-4-3-9-29-15)18(26)21-14(10-16(25)27-2)12-5-7-13(20)8-6-12/h3-9,11,14H,10H2,1-2H3,(H,21,26)(H,23,28). The van der Waals surface area contributed by atoms with Gasteiger partial charge in [0.15, 0.2) is 10.6 Å². The largest absolute Gasteiger partial charge is 0.469 e.